The Morgan fingerprint density at radius 3 is 2.73 bits per heavy atom. The van der Waals surface area contributed by atoms with Crippen molar-refractivity contribution in [1.82, 2.24) is 20.0 Å². The maximum absolute atomic E-state index is 12.6. The van der Waals surface area contributed by atoms with E-state index in [-0.39, 0.29) is 17.7 Å². The molecular weight excluding hydrogens is 348 g/mol. The second kappa shape index (κ2) is 7.23. The number of aryl methyl sites for hydroxylation is 3. The topological polar surface area (TPSA) is 67.2 Å². The molecule has 26 heavy (non-hydrogen) atoms. The Bertz CT molecular complexity index is 850. The van der Waals surface area contributed by atoms with Gasteiger partial charge in [0.15, 0.2) is 0 Å². The predicted molar refractivity (Wildman–Crippen MR) is 102 cm³/mol. The molecule has 6 nitrogen and oxygen atoms in total. The molecule has 0 aliphatic heterocycles. The Hall–Kier alpha value is -2.15. The van der Waals surface area contributed by atoms with Gasteiger partial charge in [0, 0.05) is 49.7 Å². The van der Waals surface area contributed by atoms with Gasteiger partial charge in [-0.15, -0.1) is 11.3 Å². The fourth-order valence-electron chi connectivity index (χ4n) is 3.47. The monoisotopic (exact) mass is 374 g/mol. The fourth-order valence-corrected chi connectivity index (χ4v) is 4.70. The lowest BCUT2D eigenvalue weighted by molar-refractivity contribution is -0.125. The summed E-state index contributed by atoms with van der Waals surface area (Å²) in [4.78, 5) is 28.4. The van der Waals surface area contributed by atoms with E-state index >= 15 is 0 Å². The average molecular weight is 375 g/mol. The molecule has 2 heterocycles. The Kier molecular flexibility index (Phi) is 5.18. The lowest BCUT2D eigenvalue weighted by Gasteiger charge is -2.21. The normalized spacial score (nSPS) is 16.3. The number of rotatable bonds is 4. The second-order valence-electron chi connectivity index (χ2n) is 7.19. The van der Waals surface area contributed by atoms with Crippen LogP contribution in [0.2, 0.25) is 0 Å². The van der Waals surface area contributed by atoms with E-state index in [0.717, 1.165) is 40.2 Å². The zero-order valence-corrected chi connectivity index (χ0v) is 16.9. The van der Waals surface area contributed by atoms with Crippen LogP contribution in [0.3, 0.4) is 0 Å². The van der Waals surface area contributed by atoms with E-state index in [0.29, 0.717) is 13.0 Å². The van der Waals surface area contributed by atoms with Gasteiger partial charge in [-0.2, -0.15) is 5.10 Å². The number of carbonyl (C=O) groups excluding carboxylic acids is 2. The molecule has 7 heteroatoms. The van der Waals surface area contributed by atoms with Crippen LogP contribution in [-0.4, -0.2) is 40.6 Å². The first-order chi connectivity index (χ1) is 12.3. The lowest BCUT2D eigenvalue weighted by atomic mass is 9.87. The molecule has 0 aromatic carbocycles. The molecule has 0 bridgehead atoms. The molecule has 2 aromatic heterocycles. The average Bonchev–Trinajstić information content (AvgIpc) is 3.12. The van der Waals surface area contributed by atoms with Crippen molar-refractivity contribution in [2.45, 2.75) is 39.7 Å². The number of thiophene rings is 1. The van der Waals surface area contributed by atoms with Gasteiger partial charge in [-0.3, -0.25) is 14.3 Å². The van der Waals surface area contributed by atoms with Gasteiger partial charge in [-0.1, -0.05) is 0 Å². The second-order valence-corrected chi connectivity index (χ2v) is 8.33. The van der Waals surface area contributed by atoms with Crippen molar-refractivity contribution in [2.75, 3.05) is 14.1 Å². The van der Waals surface area contributed by atoms with Crippen LogP contribution in [0.1, 0.15) is 43.5 Å². The molecule has 1 atom stereocenters. The first-order valence-corrected chi connectivity index (χ1v) is 9.69. The number of amides is 2. The molecule has 2 aromatic rings. The fraction of sp³-hybridized carbons (Fsp3) is 0.526. The van der Waals surface area contributed by atoms with Crippen molar-refractivity contribution < 1.29 is 9.59 Å². The molecular formula is C19H26N4O2S. The summed E-state index contributed by atoms with van der Waals surface area (Å²) in [7, 11) is 5.44. The summed E-state index contributed by atoms with van der Waals surface area (Å²) in [6.45, 7) is 4.50. The van der Waals surface area contributed by atoms with Gasteiger partial charge in [0.1, 0.15) is 0 Å². The van der Waals surface area contributed by atoms with Gasteiger partial charge in [0.2, 0.25) is 5.91 Å². The van der Waals surface area contributed by atoms with E-state index in [1.165, 1.54) is 4.88 Å². The summed E-state index contributed by atoms with van der Waals surface area (Å²) in [5, 5.41) is 7.47. The minimum atomic E-state index is -0.0308. The van der Waals surface area contributed by atoms with Crippen LogP contribution in [0.15, 0.2) is 6.07 Å². The first-order valence-electron chi connectivity index (χ1n) is 8.88. The van der Waals surface area contributed by atoms with Crippen LogP contribution in [0, 0.1) is 19.8 Å². The van der Waals surface area contributed by atoms with Gasteiger partial charge in [0.05, 0.1) is 10.6 Å². The smallest absolute Gasteiger partial charge is 0.263 e. The molecule has 2 amide bonds. The Balaban J connectivity index is 1.65. The number of aromatic nitrogens is 2. The third-order valence-electron chi connectivity index (χ3n) is 5.17. The summed E-state index contributed by atoms with van der Waals surface area (Å²) >= 11 is 1.57. The highest BCUT2D eigenvalue weighted by atomic mass is 32.1. The van der Waals surface area contributed by atoms with Crippen LogP contribution >= 0.6 is 11.3 Å². The molecule has 1 unspecified atom stereocenters. The lowest BCUT2D eigenvalue weighted by Crippen LogP contribution is -2.33. The van der Waals surface area contributed by atoms with Gasteiger partial charge in [-0.25, -0.2) is 0 Å². The number of hydrogen-bond acceptors (Lipinski definition) is 4. The van der Waals surface area contributed by atoms with E-state index in [9.17, 15) is 9.59 Å². The molecule has 3 rings (SSSR count). The van der Waals surface area contributed by atoms with E-state index in [4.69, 9.17) is 0 Å². The quantitative estimate of drug-likeness (QED) is 0.892. The molecule has 1 aliphatic carbocycles. The molecule has 0 fully saturated rings. The van der Waals surface area contributed by atoms with Crippen LogP contribution in [0.4, 0.5) is 0 Å². The van der Waals surface area contributed by atoms with Crippen LogP contribution < -0.4 is 5.32 Å². The zero-order valence-electron chi connectivity index (χ0n) is 16.0. The van der Waals surface area contributed by atoms with E-state index in [2.05, 4.69) is 10.4 Å². The maximum Gasteiger partial charge on any atom is 0.263 e. The maximum atomic E-state index is 12.6. The summed E-state index contributed by atoms with van der Waals surface area (Å²) in [5.74, 6) is 0.0922. The molecule has 1 N–H and O–H groups in total. The highest BCUT2D eigenvalue weighted by Gasteiger charge is 2.28. The number of carbonyl (C=O) groups is 2. The van der Waals surface area contributed by atoms with Crippen molar-refractivity contribution in [3.8, 4) is 0 Å². The minimum absolute atomic E-state index is 0.0308. The summed E-state index contributed by atoms with van der Waals surface area (Å²) in [6, 6.07) is 1.97. The number of nitrogens with zero attached hydrogens (tertiary/aromatic N) is 3. The Morgan fingerprint density at radius 2 is 2.12 bits per heavy atom. The van der Waals surface area contributed by atoms with Gasteiger partial charge in [0.25, 0.3) is 5.91 Å². The third kappa shape index (κ3) is 3.53. The number of nitrogens with one attached hydrogen (secondary N) is 1. The Morgan fingerprint density at radius 1 is 1.38 bits per heavy atom. The predicted octanol–water partition coefficient (Wildman–Crippen LogP) is 2.22. The summed E-state index contributed by atoms with van der Waals surface area (Å²) in [6.07, 6.45) is 2.41. The van der Waals surface area contributed by atoms with Crippen LogP contribution in [0.25, 0.3) is 0 Å². The standard InChI is InChI=1S/C19H26N4O2S/c1-11-15(12(2)23(5)21-11)10-20-18(24)13-6-7-16-14(8-13)9-17(26-16)19(25)22(3)4/h9,13H,6-8,10H2,1-5H3,(H,20,24). The Labute approximate surface area is 158 Å². The van der Waals surface area contributed by atoms with Crippen LogP contribution in [-0.2, 0) is 31.2 Å². The SMILES string of the molecule is Cc1nn(C)c(C)c1CNC(=O)C1CCc2sc(C(=O)N(C)C)cc2C1. The van der Waals surface area contributed by atoms with E-state index in [1.807, 2.05) is 31.6 Å². The van der Waals surface area contributed by atoms with E-state index in [1.54, 1.807) is 30.3 Å². The van der Waals surface area contributed by atoms with Gasteiger partial charge >= 0.3 is 0 Å². The minimum Gasteiger partial charge on any atom is -0.352 e. The molecule has 140 valence electrons. The van der Waals surface area contributed by atoms with Crippen molar-refractivity contribution in [3.63, 3.8) is 0 Å². The molecule has 0 saturated carbocycles. The van der Waals surface area contributed by atoms with Crippen molar-refractivity contribution in [1.29, 1.82) is 0 Å². The summed E-state index contributed by atoms with van der Waals surface area (Å²) < 4.78 is 1.85. The highest BCUT2D eigenvalue weighted by molar-refractivity contribution is 7.14. The van der Waals surface area contributed by atoms with E-state index < -0.39 is 0 Å². The van der Waals surface area contributed by atoms with Gasteiger partial charge < -0.3 is 10.2 Å². The number of fused-ring (bicyclic) bond motifs is 1. The van der Waals surface area contributed by atoms with Crippen molar-refractivity contribution in [3.05, 3.63) is 38.3 Å². The van der Waals surface area contributed by atoms with Gasteiger partial charge in [-0.05, 0) is 44.7 Å². The molecule has 0 radical (unpaired) electrons. The molecule has 1 aliphatic rings. The molecule has 0 spiro atoms. The van der Waals surface area contributed by atoms with Crippen LogP contribution in [0.5, 0.6) is 0 Å². The summed E-state index contributed by atoms with van der Waals surface area (Å²) in [5.41, 5.74) is 4.28. The highest BCUT2D eigenvalue weighted by Crippen LogP contribution is 2.33. The largest absolute Gasteiger partial charge is 0.352 e. The number of hydrogen-bond donors (Lipinski definition) is 1. The molecule has 0 saturated heterocycles. The first kappa shape index (κ1) is 18.6. The van der Waals surface area contributed by atoms with Crippen molar-refractivity contribution in [2.24, 2.45) is 13.0 Å². The zero-order chi connectivity index (χ0) is 19.0. The third-order valence-corrected chi connectivity index (χ3v) is 6.39. The van der Waals surface area contributed by atoms with Crippen molar-refractivity contribution >= 4 is 23.2 Å².